The second kappa shape index (κ2) is 7.08. The number of hydrogen-bond donors (Lipinski definition) is 3. The Bertz CT molecular complexity index is 603. The number of hydrogen-bond acceptors (Lipinski definition) is 6. The Morgan fingerprint density at radius 3 is 2.86 bits per heavy atom. The molecule has 0 saturated heterocycles. The van der Waals surface area contributed by atoms with Gasteiger partial charge in [-0.3, -0.25) is 0 Å². The summed E-state index contributed by atoms with van der Waals surface area (Å²) in [5.74, 6) is 1.57. The zero-order valence-electron chi connectivity index (χ0n) is 12.5. The summed E-state index contributed by atoms with van der Waals surface area (Å²) in [6, 6.07) is 5.53. The molecular weight excluding hydrogens is 268 g/mol. The van der Waals surface area contributed by atoms with Crippen LogP contribution in [0, 0.1) is 0 Å². The second-order valence-electron chi connectivity index (χ2n) is 4.98. The standard InChI is InChI=1S/C15H22N4O2/c1-3-4-5-10(9-20)17-14-12-7-6-11(21-2)8-13(12)18-15(16)19-14/h6-8,10,20H,3-5,9H2,1-2H3,(H3,16,17,18,19)/t10-/m0/s1. The Labute approximate surface area is 124 Å². The molecule has 0 fully saturated rings. The van der Waals surface area contributed by atoms with Gasteiger partial charge >= 0.3 is 0 Å². The molecule has 0 saturated carbocycles. The van der Waals surface area contributed by atoms with Gasteiger partial charge in [-0.2, -0.15) is 4.98 Å². The van der Waals surface area contributed by atoms with Gasteiger partial charge in [0.1, 0.15) is 11.6 Å². The van der Waals surface area contributed by atoms with Crippen LogP contribution in [0.25, 0.3) is 10.9 Å². The maximum absolute atomic E-state index is 9.48. The van der Waals surface area contributed by atoms with Crippen LogP contribution in [0.2, 0.25) is 0 Å². The van der Waals surface area contributed by atoms with Crippen LogP contribution in [0.3, 0.4) is 0 Å². The first kappa shape index (κ1) is 15.3. The van der Waals surface area contributed by atoms with Crippen molar-refractivity contribution in [3.8, 4) is 5.75 Å². The van der Waals surface area contributed by atoms with Gasteiger partial charge in [-0.25, -0.2) is 4.98 Å². The van der Waals surface area contributed by atoms with Gasteiger partial charge in [0.25, 0.3) is 0 Å². The minimum absolute atomic E-state index is 0.0375. The summed E-state index contributed by atoms with van der Waals surface area (Å²) in [5, 5.41) is 13.6. The van der Waals surface area contributed by atoms with Crippen molar-refractivity contribution in [2.45, 2.75) is 32.2 Å². The first-order valence-electron chi connectivity index (χ1n) is 7.16. The number of nitrogens with one attached hydrogen (secondary N) is 1. The van der Waals surface area contributed by atoms with Crippen LogP contribution in [0.5, 0.6) is 5.75 Å². The summed E-state index contributed by atoms with van der Waals surface area (Å²) in [4.78, 5) is 8.48. The summed E-state index contributed by atoms with van der Waals surface area (Å²) in [6.45, 7) is 2.18. The molecule has 0 aliphatic rings. The smallest absolute Gasteiger partial charge is 0.222 e. The molecule has 0 spiro atoms. The molecule has 0 aliphatic heterocycles. The van der Waals surface area contributed by atoms with Crippen LogP contribution in [-0.2, 0) is 0 Å². The van der Waals surface area contributed by atoms with Crippen molar-refractivity contribution in [3.63, 3.8) is 0 Å². The summed E-state index contributed by atoms with van der Waals surface area (Å²) >= 11 is 0. The van der Waals surface area contributed by atoms with Gasteiger partial charge in [0.05, 0.1) is 25.3 Å². The number of anilines is 2. The Morgan fingerprint density at radius 2 is 2.19 bits per heavy atom. The molecule has 0 aliphatic carbocycles. The molecule has 2 rings (SSSR count). The quantitative estimate of drug-likeness (QED) is 0.723. The van der Waals surface area contributed by atoms with Crippen molar-refractivity contribution in [1.82, 2.24) is 9.97 Å². The molecule has 0 amide bonds. The van der Waals surface area contributed by atoms with E-state index in [1.165, 1.54) is 0 Å². The zero-order chi connectivity index (χ0) is 15.2. The number of fused-ring (bicyclic) bond motifs is 1. The lowest BCUT2D eigenvalue weighted by Gasteiger charge is -2.18. The van der Waals surface area contributed by atoms with Crippen molar-refractivity contribution in [3.05, 3.63) is 18.2 Å². The molecule has 114 valence electrons. The van der Waals surface area contributed by atoms with E-state index in [9.17, 15) is 5.11 Å². The lowest BCUT2D eigenvalue weighted by molar-refractivity contribution is 0.267. The molecule has 6 nitrogen and oxygen atoms in total. The van der Waals surface area contributed by atoms with Crippen molar-refractivity contribution in [2.75, 3.05) is 24.8 Å². The average molecular weight is 290 g/mol. The molecule has 1 heterocycles. The molecule has 0 unspecified atom stereocenters. The third-order valence-corrected chi connectivity index (χ3v) is 3.39. The lowest BCUT2D eigenvalue weighted by Crippen LogP contribution is -2.24. The van der Waals surface area contributed by atoms with Crippen molar-refractivity contribution in [1.29, 1.82) is 0 Å². The highest BCUT2D eigenvalue weighted by Crippen LogP contribution is 2.26. The van der Waals surface area contributed by atoms with Crippen LogP contribution in [0.4, 0.5) is 11.8 Å². The Morgan fingerprint density at radius 1 is 1.38 bits per heavy atom. The van der Waals surface area contributed by atoms with Gasteiger partial charge in [0.2, 0.25) is 5.95 Å². The van der Waals surface area contributed by atoms with Gasteiger partial charge in [0.15, 0.2) is 0 Å². The minimum atomic E-state index is -0.0375. The van der Waals surface area contributed by atoms with E-state index in [1.54, 1.807) is 7.11 Å². The molecule has 6 heteroatoms. The van der Waals surface area contributed by atoms with Crippen molar-refractivity contribution in [2.24, 2.45) is 0 Å². The number of unbranched alkanes of at least 4 members (excludes halogenated alkanes) is 1. The van der Waals surface area contributed by atoms with E-state index in [1.807, 2.05) is 18.2 Å². The third kappa shape index (κ3) is 3.72. The SMILES string of the molecule is CCCC[C@@H](CO)Nc1nc(N)nc2cc(OC)ccc12. The fraction of sp³-hybridized carbons (Fsp3) is 0.467. The number of aromatic nitrogens is 2. The number of aliphatic hydroxyl groups excluding tert-OH is 1. The van der Waals surface area contributed by atoms with E-state index < -0.39 is 0 Å². The van der Waals surface area contributed by atoms with E-state index in [0.717, 1.165) is 35.9 Å². The summed E-state index contributed by atoms with van der Waals surface area (Å²) < 4.78 is 5.20. The number of nitrogens with two attached hydrogens (primary N) is 1. The first-order chi connectivity index (χ1) is 10.2. The van der Waals surface area contributed by atoms with Gasteiger partial charge in [0, 0.05) is 11.5 Å². The van der Waals surface area contributed by atoms with Crippen LogP contribution >= 0.6 is 0 Å². The van der Waals surface area contributed by atoms with Gasteiger partial charge < -0.3 is 20.9 Å². The Kier molecular flexibility index (Phi) is 5.16. The average Bonchev–Trinajstić information content (AvgIpc) is 2.50. The van der Waals surface area contributed by atoms with E-state index in [0.29, 0.717) is 5.82 Å². The molecule has 1 atom stereocenters. The number of rotatable bonds is 7. The van der Waals surface area contributed by atoms with Crippen molar-refractivity contribution >= 4 is 22.7 Å². The maximum Gasteiger partial charge on any atom is 0.222 e. The molecule has 1 aromatic carbocycles. The fourth-order valence-corrected chi connectivity index (χ4v) is 2.22. The van der Waals surface area contributed by atoms with E-state index in [-0.39, 0.29) is 18.6 Å². The monoisotopic (exact) mass is 290 g/mol. The van der Waals surface area contributed by atoms with Gasteiger partial charge in [-0.15, -0.1) is 0 Å². The number of nitrogens with zero attached hydrogens (tertiary/aromatic N) is 2. The number of nitrogen functional groups attached to an aromatic ring is 1. The van der Waals surface area contributed by atoms with E-state index >= 15 is 0 Å². The highest BCUT2D eigenvalue weighted by molar-refractivity contribution is 5.91. The van der Waals surface area contributed by atoms with Gasteiger partial charge in [-0.1, -0.05) is 19.8 Å². The number of benzene rings is 1. The minimum Gasteiger partial charge on any atom is -0.497 e. The number of methoxy groups -OCH3 is 1. The topological polar surface area (TPSA) is 93.3 Å². The Hall–Kier alpha value is -2.08. The molecular formula is C15H22N4O2. The third-order valence-electron chi connectivity index (χ3n) is 3.39. The van der Waals surface area contributed by atoms with Crippen LogP contribution in [-0.4, -0.2) is 34.8 Å². The highest BCUT2D eigenvalue weighted by atomic mass is 16.5. The zero-order valence-corrected chi connectivity index (χ0v) is 12.5. The molecule has 1 aromatic heterocycles. The molecule has 2 aromatic rings. The largest absolute Gasteiger partial charge is 0.497 e. The lowest BCUT2D eigenvalue weighted by atomic mass is 10.1. The highest BCUT2D eigenvalue weighted by Gasteiger charge is 2.12. The summed E-state index contributed by atoms with van der Waals surface area (Å²) in [7, 11) is 1.61. The van der Waals surface area contributed by atoms with E-state index in [4.69, 9.17) is 10.5 Å². The Balaban J connectivity index is 2.33. The number of ether oxygens (including phenoxy) is 1. The summed E-state index contributed by atoms with van der Waals surface area (Å²) in [6.07, 6.45) is 3.02. The fourth-order valence-electron chi connectivity index (χ4n) is 2.22. The van der Waals surface area contributed by atoms with E-state index in [2.05, 4.69) is 22.2 Å². The second-order valence-corrected chi connectivity index (χ2v) is 4.98. The molecule has 4 N–H and O–H groups in total. The maximum atomic E-state index is 9.48. The number of aliphatic hydroxyl groups is 1. The molecule has 0 bridgehead atoms. The molecule has 21 heavy (non-hydrogen) atoms. The van der Waals surface area contributed by atoms with Crippen LogP contribution in [0.15, 0.2) is 18.2 Å². The van der Waals surface area contributed by atoms with Crippen molar-refractivity contribution < 1.29 is 9.84 Å². The van der Waals surface area contributed by atoms with Crippen LogP contribution in [0.1, 0.15) is 26.2 Å². The van der Waals surface area contributed by atoms with Crippen LogP contribution < -0.4 is 15.8 Å². The summed E-state index contributed by atoms with van der Waals surface area (Å²) in [5.41, 5.74) is 6.49. The predicted molar refractivity (Wildman–Crippen MR) is 84.5 cm³/mol. The first-order valence-corrected chi connectivity index (χ1v) is 7.16. The van der Waals surface area contributed by atoms with Gasteiger partial charge in [-0.05, 0) is 18.6 Å². The predicted octanol–water partition coefficient (Wildman–Crippen LogP) is 2.18. The normalized spacial score (nSPS) is 12.3. The molecule has 0 radical (unpaired) electrons.